The monoisotopic (exact) mass is 243 g/mol. The van der Waals surface area contributed by atoms with Crippen molar-refractivity contribution in [1.82, 2.24) is 0 Å². The molecule has 2 nitrogen and oxygen atoms in total. The minimum Gasteiger partial charge on any atom is -0.398 e. The lowest BCUT2D eigenvalue weighted by molar-refractivity contribution is 0.103. The number of anilines is 1. The topological polar surface area (TPSA) is 43.1 Å². The van der Waals surface area contributed by atoms with Crippen LogP contribution in [0.25, 0.3) is 0 Å². The lowest BCUT2D eigenvalue weighted by Crippen LogP contribution is -2.04. The molecular weight excluding hydrogens is 229 g/mol. The van der Waals surface area contributed by atoms with Gasteiger partial charge in [-0.3, -0.25) is 4.79 Å². The summed E-state index contributed by atoms with van der Waals surface area (Å²) < 4.78 is 13.4. The van der Waals surface area contributed by atoms with Crippen molar-refractivity contribution in [3.05, 3.63) is 64.5 Å². The van der Waals surface area contributed by atoms with E-state index in [4.69, 9.17) is 5.73 Å². The van der Waals surface area contributed by atoms with Crippen LogP contribution >= 0.6 is 0 Å². The van der Waals surface area contributed by atoms with Crippen LogP contribution in [-0.2, 0) is 0 Å². The van der Waals surface area contributed by atoms with E-state index in [1.54, 1.807) is 37.3 Å². The van der Waals surface area contributed by atoms with Gasteiger partial charge in [-0.2, -0.15) is 0 Å². The van der Waals surface area contributed by atoms with E-state index in [1.165, 1.54) is 6.07 Å². The fourth-order valence-electron chi connectivity index (χ4n) is 1.68. The third-order valence-corrected chi connectivity index (χ3v) is 2.98. The molecule has 3 heteroatoms. The summed E-state index contributed by atoms with van der Waals surface area (Å²) in [6.45, 7) is 3.53. The summed E-state index contributed by atoms with van der Waals surface area (Å²) in [6, 6.07) is 9.58. The molecule has 18 heavy (non-hydrogen) atoms. The average Bonchev–Trinajstić information content (AvgIpc) is 2.35. The van der Waals surface area contributed by atoms with Gasteiger partial charge < -0.3 is 5.73 Å². The lowest BCUT2D eigenvalue weighted by Gasteiger charge is -2.05. The van der Waals surface area contributed by atoms with Gasteiger partial charge >= 0.3 is 0 Å². The van der Waals surface area contributed by atoms with E-state index in [9.17, 15) is 9.18 Å². The summed E-state index contributed by atoms with van der Waals surface area (Å²) >= 11 is 0. The van der Waals surface area contributed by atoms with E-state index in [2.05, 4.69) is 0 Å². The van der Waals surface area contributed by atoms with Crippen molar-refractivity contribution in [2.24, 2.45) is 0 Å². The minimum absolute atomic E-state index is 0.222. The molecule has 2 N–H and O–H groups in total. The Labute approximate surface area is 105 Å². The molecule has 0 aliphatic rings. The first-order valence-electron chi connectivity index (χ1n) is 5.66. The molecule has 2 aromatic carbocycles. The first-order chi connectivity index (χ1) is 8.49. The molecule has 0 atom stereocenters. The molecule has 0 saturated carbocycles. The molecule has 0 spiro atoms. The third-order valence-electron chi connectivity index (χ3n) is 2.98. The molecule has 92 valence electrons. The Morgan fingerprint density at radius 3 is 2.11 bits per heavy atom. The number of hydrogen-bond acceptors (Lipinski definition) is 2. The zero-order valence-electron chi connectivity index (χ0n) is 10.3. The molecule has 0 heterocycles. The zero-order valence-corrected chi connectivity index (χ0v) is 10.3. The number of carbonyl (C=O) groups excluding carboxylic acids is 1. The van der Waals surface area contributed by atoms with Gasteiger partial charge in [0.25, 0.3) is 0 Å². The summed E-state index contributed by atoms with van der Waals surface area (Å²) in [5.41, 5.74) is 8.58. The molecule has 2 rings (SSSR count). The number of rotatable bonds is 2. The maximum absolute atomic E-state index is 13.4. The van der Waals surface area contributed by atoms with Gasteiger partial charge in [-0.1, -0.05) is 24.3 Å². The van der Waals surface area contributed by atoms with E-state index in [0.717, 1.165) is 5.56 Å². The highest BCUT2D eigenvalue weighted by Crippen LogP contribution is 2.18. The summed E-state index contributed by atoms with van der Waals surface area (Å²) in [4.78, 5) is 12.2. The van der Waals surface area contributed by atoms with Gasteiger partial charge in [-0.05, 0) is 37.1 Å². The van der Waals surface area contributed by atoms with Crippen LogP contribution in [0.5, 0.6) is 0 Å². The largest absolute Gasteiger partial charge is 0.398 e. The molecule has 0 aliphatic heterocycles. The standard InChI is InChI=1S/C15H14FNO/c1-9-3-5-11(7-13(9)16)15(18)12-6-4-10(2)14(17)8-12/h3-8H,17H2,1-2H3. The average molecular weight is 243 g/mol. The number of benzene rings is 2. The highest BCUT2D eigenvalue weighted by molar-refractivity contribution is 6.09. The van der Waals surface area contributed by atoms with E-state index >= 15 is 0 Å². The Bertz CT molecular complexity index is 566. The highest BCUT2D eigenvalue weighted by Gasteiger charge is 2.11. The van der Waals surface area contributed by atoms with Gasteiger partial charge in [0.15, 0.2) is 5.78 Å². The van der Waals surface area contributed by atoms with E-state index in [1.807, 2.05) is 6.92 Å². The first kappa shape index (κ1) is 12.3. The van der Waals surface area contributed by atoms with Gasteiger partial charge in [-0.25, -0.2) is 4.39 Å². The summed E-state index contributed by atoms with van der Waals surface area (Å²) in [5, 5.41) is 0. The molecule has 0 radical (unpaired) electrons. The first-order valence-corrected chi connectivity index (χ1v) is 5.66. The normalized spacial score (nSPS) is 10.4. The van der Waals surface area contributed by atoms with Crippen LogP contribution in [0.1, 0.15) is 27.0 Å². The van der Waals surface area contributed by atoms with Gasteiger partial charge in [-0.15, -0.1) is 0 Å². The van der Waals surface area contributed by atoms with Crippen LogP contribution in [0.4, 0.5) is 10.1 Å². The van der Waals surface area contributed by atoms with Crippen LogP contribution in [-0.4, -0.2) is 5.78 Å². The predicted octanol–water partition coefficient (Wildman–Crippen LogP) is 3.26. The number of nitrogens with two attached hydrogens (primary N) is 1. The zero-order chi connectivity index (χ0) is 13.3. The SMILES string of the molecule is Cc1ccc(C(=O)c2ccc(C)c(F)c2)cc1N. The van der Waals surface area contributed by atoms with E-state index < -0.39 is 0 Å². The molecule has 0 fully saturated rings. The van der Waals surface area contributed by atoms with Crippen LogP contribution in [0, 0.1) is 19.7 Å². The van der Waals surface area contributed by atoms with Crippen molar-refractivity contribution in [2.75, 3.05) is 5.73 Å². The molecular formula is C15H14FNO. The second-order valence-corrected chi connectivity index (χ2v) is 4.36. The molecule has 0 amide bonds. The number of halogens is 1. The summed E-state index contributed by atoms with van der Waals surface area (Å²) in [7, 11) is 0. The molecule has 0 aliphatic carbocycles. The van der Waals surface area contributed by atoms with Gasteiger partial charge in [0.1, 0.15) is 5.82 Å². The van der Waals surface area contributed by atoms with Crippen LogP contribution < -0.4 is 5.73 Å². The number of carbonyl (C=O) groups is 1. The highest BCUT2D eigenvalue weighted by atomic mass is 19.1. The number of aryl methyl sites for hydroxylation is 2. The quantitative estimate of drug-likeness (QED) is 0.650. The second-order valence-electron chi connectivity index (χ2n) is 4.36. The van der Waals surface area contributed by atoms with Crippen molar-refractivity contribution in [3.8, 4) is 0 Å². The van der Waals surface area contributed by atoms with Crippen molar-refractivity contribution in [1.29, 1.82) is 0 Å². The number of ketones is 1. The predicted molar refractivity (Wildman–Crippen MR) is 70.2 cm³/mol. The fourth-order valence-corrected chi connectivity index (χ4v) is 1.68. The number of nitrogen functional groups attached to an aromatic ring is 1. The molecule has 0 aromatic heterocycles. The van der Waals surface area contributed by atoms with Crippen LogP contribution in [0.15, 0.2) is 36.4 Å². The van der Waals surface area contributed by atoms with Crippen LogP contribution in [0.2, 0.25) is 0 Å². The van der Waals surface area contributed by atoms with Crippen molar-refractivity contribution < 1.29 is 9.18 Å². The Morgan fingerprint density at radius 2 is 1.56 bits per heavy atom. The summed E-state index contributed by atoms with van der Waals surface area (Å²) in [5.74, 6) is -0.596. The van der Waals surface area contributed by atoms with Gasteiger partial charge in [0, 0.05) is 16.8 Å². The third kappa shape index (κ3) is 2.25. The van der Waals surface area contributed by atoms with Crippen molar-refractivity contribution >= 4 is 11.5 Å². The smallest absolute Gasteiger partial charge is 0.193 e. The fraction of sp³-hybridized carbons (Fsp3) is 0.133. The maximum atomic E-state index is 13.4. The molecule has 0 bridgehead atoms. The Kier molecular flexibility index (Phi) is 3.15. The second kappa shape index (κ2) is 4.61. The number of hydrogen-bond donors (Lipinski definition) is 1. The Hall–Kier alpha value is -2.16. The van der Waals surface area contributed by atoms with Crippen molar-refractivity contribution in [2.45, 2.75) is 13.8 Å². The van der Waals surface area contributed by atoms with E-state index in [0.29, 0.717) is 22.4 Å². The molecule has 0 unspecified atom stereocenters. The lowest BCUT2D eigenvalue weighted by atomic mass is 10.0. The maximum Gasteiger partial charge on any atom is 0.193 e. The molecule has 0 saturated heterocycles. The van der Waals surface area contributed by atoms with Gasteiger partial charge in [0.2, 0.25) is 0 Å². The minimum atomic E-state index is -0.374. The Morgan fingerprint density at radius 1 is 1.00 bits per heavy atom. The molecule has 2 aromatic rings. The van der Waals surface area contributed by atoms with Crippen LogP contribution in [0.3, 0.4) is 0 Å². The Balaban J connectivity index is 2.41. The summed E-state index contributed by atoms with van der Waals surface area (Å²) in [6.07, 6.45) is 0. The van der Waals surface area contributed by atoms with Crippen molar-refractivity contribution in [3.63, 3.8) is 0 Å². The van der Waals surface area contributed by atoms with Gasteiger partial charge in [0.05, 0.1) is 0 Å². The van der Waals surface area contributed by atoms with E-state index in [-0.39, 0.29) is 11.6 Å².